The molecule has 1 aromatic rings. The van der Waals surface area contributed by atoms with Gasteiger partial charge in [-0.1, -0.05) is 0 Å². The van der Waals surface area contributed by atoms with E-state index in [2.05, 4.69) is 0 Å². The highest BCUT2D eigenvalue weighted by atomic mass is 19.4. The number of nitrogens with two attached hydrogens (primary N) is 1. The number of nitrogen functional groups attached to an aromatic ring is 1. The van der Waals surface area contributed by atoms with Gasteiger partial charge in [-0.25, -0.2) is 0 Å². The highest BCUT2D eigenvalue weighted by Gasteiger charge is 2.34. The van der Waals surface area contributed by atoms with Crippen molar-refractivity contribution < 1.29 is 22.7 Å². The molecule has 0 saturated carbocycles. The minimum absolute atomic E-state index is 0.0745. The van der Waals surface area contributed by atoms with Crippen LogP contribution in [0.5, 0.6) is 5.75 Å². The van der Waals surface area contributed by atoms with Crippen molar-refractivity contribution in [2.75, 3.05) is 12.3 Å². The van der Waals surface area contributed by atoms with Crippen LogP contribution in [0.15, 0.2) is 12.1 Å². The van der Waals surface area contributed by atoms with Gasteiger partial charge < -0.3 is 10.5 Å². The summed E-state index contributed by atoms with van der Waals surface area (Å²) >= 11 is 0. The molecule has 2 N–H and O–H groups in total. The number of Topliss-reactive ketones (excluding diaryl/α,β-unsaturated/α-hetero) is 1. The quantitative estimate of drug-likeness (QED) is 0.660. The first-order chi connectivity index (χ1) is 7.77. The lowest BCUT2D eigenvalue weighted by molar-refractivity contribution is -0.136. The van der Waals surface area contributed by atoms with Crippen LogP contribution >= 0.6 is 0 Å². The Kier molecular flexibility index (Phi) is 3.65. The second-order valence-electron chi connectivity index (χ2n) is 3.42. The van der Waals surface area contributed by atoms with Crippen molar-refractivity contribution in [1.82, 2.24) is 0 Å². The monoisotopic (exact) mass is 247 g/mol. The molecule has 0 radical (unpaired) electrons. The molecule has 94 valence electrons. The number of alkyl halides is 3. The predicted molar refractivity (Wildman–Crippen MR) is 57.0 cm³/mol. The molecule has 0 amide bonds. The molecule has 0 aliphatic rings. The number of halogens is 3. The molecule has 3 nitrogen and oxygen atoms in total. The summed E-state index contributed by atoms with van der Waals surface area (Å²) in [7, 11) is 0. The van der Waals surface area contributed by atoms with Crippen LogP contribution < -0.4 is 10.5 Å². The zero-order valence-electron chi connectivity index (χ0n) is 9.39. The first-order valence-electron chi connectivity index (χ1n) is 4.91. The van der Waals surface area contributed by atoms with Crippen molar-refractivity contribution in [2.24, 2.45) is 0 Å². The van der Waals surface area contributed by atoms with Crippen LogP contribution in [0.2, 0.25) is 0 Å². The van der Waals surface area contributed by atoms with Gasteiger partial charge >= 0.3 is 6.18 Å². The van der Waals surface area contributed by atoms with Crippen LogP contribution in [0.25, 0.3) is 0 Å². The van der Waals surface area contributed by atoms with Gasteiger partial charge in [0.05, 0.1) is 17.7 Å². The molecule has 0 bridgehead atoms. The summed E-state index contributed by atoms with van der Waals surface area (Å²) in [5, 5.41) is 0. The maximum atomic E-state index is 12.6. The fraction of sp³-hybridized carbons (Fsp3) is 0.364. The van der Waals surface area contributed by atoms with E-state index in [1.807, 2.05) is 0 Å². The van der Waals surface area contributed by atoms with Crippen molar-refractivity contribution in [1.29, 1.82) is 0 Å². The molecule has 0 fully saturated rings. The van der Waals surface area contributed by atoms with Gasteiger partial charge in [0, 0.05) is 11.8 Å². The number of benzene rings is 1. The molecule has 0 spiro atoms. The molecule has 0 unspecified atom stereocenters. The second kappa shape index (κ2) is 4.65. The van der Waals surface area contributed by atoms with Crippen LogP contribution in [-0.4, -0.2) is 12.4 Å². The van der Waals surface area contributed by atoms with E-state index in [0.29, 0.717) is 0 Å². The number of hydrogen-bond acceptors (Lipinski definition) is 3. The summed E-state index contributed by atoms with van der Waals surface area (Å²) in [6.45, 7) is 3.08. The van der Waals surface area contributed by atoms with Gasteiger partial charge in [0.15, 0.2) is 5.78 Å². The Hall–Kier alpha value is -1.72. The Morgan fingerprint density at radius 3 is 2.41 bits per heavy atom. The number of ether oxygens (including phenoxy) is 1. The third-order valence-corrected chi connectivity index (χ3v) is 2.14. The average molecular weight is 247 g/mol. The van der Waals surface area contributed by atoms with Gasteiger partial charge in [0.25, 0.3) is 0 Å². The number of anilines is 1. The van der Waals surface area contributed by atoms with Crippen LogP contribution in [0, 0.1) is 0 Å². The van der Waals surface area contributed by atoms with E-state index in [-0.39, 0.29) is 17.9 Å². The van der Waals surface area contributed by atoms with E-state index in [1.165, 1.54) is 6.92 Å². The lowest BCUT2D eigenvalue weighted by Crippen LogP contribution is -2.12. The predicted octanol–water partition coefficient (Wildman–Crippen LogP) is 2.89. The van der Waals surface area contributed by atoms with E-state index in [0.717, 1.165) is 12.1 Å². The molecule has 17 heavy (non-hydrogen) atoms. The highest BCUT2D eigenvalue weighted by Crippen LogP contribution is 2.37. The van der Waals surface area contributed by atoms with E-state index in [1.54, 1.807) is 6.92 Å². The molecule has 6 heteroatoms. The minimum Gasteiger partial charge on any atom is -0.493 e. The number of hydrogen-bond donors (Lipinski definition) is 1. The van der Waals surface area contributed by atoms with E-state index in [4.69, 9.17) is 10.5 Å². The maximum absolute atomic E-state index is 12.6. The lowest BCUT2D eigenvalue weighted by atomic mass is 10.0. The van der Waals surface area contributed by atoms with Crippen molar-refractivity contribution in [3.8, 4) is 5.75 Å². The molecule has 0 aliphatic heterocycles. The summed E-state index contributed by atoms with van der Waals surface area (Å²) in [6.07, 6.45) is -4.58. The molecule has 0 atom stereocenters. The fourth-order valence-corrected chi connectivity index (χ4v) is 1.39. The van der Waals surface area contributed by atoms with Gasteiger partial charge in [0.1, 0.15) is 5.75 Å². The van der Waals surface area contributed by atoms with Gasteiger partial charge in [-0.05, 0) is 19.9 Å². The highest BCUT2D eigenvalue weighted by molar-refractivity contribution is 5.97. The standard InChI is InChI=1S/C11H12F3NO2/c1-3-17-10-5-9(15)8(11(12,13)14)4-7(10)6(2)16/h4-5H,3,15H2,1-2H3. The van der Waals surface area contributed by atoms with Crippen LogP contribution in [0.3, 0.4) is 0 Å². The number of ketones is 1. The minimum atomic E-state index is -4.58. The van der Waals surface area contributed by atoms with Crippen molar-refractivity contribution in [3.05, 3.63) is 23.3 Å². The van der Waals surface area contributed by atoms with E-state index >= 15 is 0 Å². The molecule has 1 rings (SSSR count). The molecule has 0 saturated heterocycles. The average Bonchev–Trinajstić information content (AvgIpc) is 2.15. The molecular formula is C11H12F3NO2. The Labute approximate surface area is 96.4 Å². The first-order valence-corrected chi connectivity index (χ1v) is 4.91. The topological polar surface area (TPSA) is 52.3 Å². The summed E-state index contributed by atoms with van der Waals surface area (Å²) in [6, 6.07) is 1.76. The lowest BCUT2D eigenvalue weighted by Gasteiger charge is -2.14. The fourth-order valence-electron chi connectivity index (χ4n) is 1.39. The van der Waals surface area contributed by atoms with Crippen LogP contribution in [-0.2, 0) is 6.18 Å². The van der Waals surface area contributed by atoms with Crippen LogP contribution in [0.1, 0.15) is 29.8 Å². The molecule has 0 aliphatic carbocycles. The van der Waals surface area contributed by atoms with Crippen LogP contribution in [0.4, 0.5) is 18.9 Å². The Balaban J connectivity index is 3.40. The largest absolute Gasteiger partial charge is 0.493 e. The maximum Gasteiger partial charge on any atom is 0.418 e. The van der Waals surface area contributed by atoms with Crippen molar-refractivity contribution in [3.63, 3.8) is 0 Å². The van der Waals surface area contributed by atoms with E-state index in [9.17, 15) is 18.0 Å². The molecule has 0 aromatic heterocycles. The molecular weight excluding hydrogens is 235 g/mol. The number of rotatable bonds is 3. The smallest absolute Gasteiger partial charge is 0.418 e. The SMILES string of the molecule is CCOc1cc(N)c(C(F)(F)F)cc1C(C)=O. The molecule has 0 heterocycles. The second-order valence-corrected chi connectivity index (χ2v) is 3.42. The van der Waals surface area contributed by atoms with Gasteiger partial charge in [0.2, 0.25) is 0 Å². The van der Waals surface area contributed by atoms with Gasteiger partial charge in [-0.15, -0.1) is 0 Å². The zero-order valence-corrected chi connectivity index (χ0v) is 9.39. The van der Waals surface area contributed by atoms with Gasteiger partial charge in [-0.2, -0.15) is 13.2 Å². The Morgan fingerprint density at radius 2 is 2.00 bits per heavy atom. The normalized spacial score (nSPS) is 11.4. The van der Waals surface area contributed by atoms with E-state index < -0.39 is 23.2 Å². The zero-order chi connectivity index (χ0) is 13.2. The van der Waals surface area contributed by atoms with Crippen molar-refractivity contribution >= 4 is 11.5 Å². The summed E-state index contributed by atoms with van der Waals surface area (Å²) in [4.78, 5) is 11.2. The summed E-state index contributed by atoms with van der Waals surface area (Å²) in [5.41, 5.74) is 3.70. The van der Waals surface area contributed by atoms with Gasteiger partial charge in [-0.3, -0.25) is 4.79 Å². The summed E-state index contributed by atoms with van der Waals surface area (Å²) in [5.74, 6) is -0.426. The Morgan fingerprint density at radius 1 is 1.41 bits per heavy atom. The number of carbonyl (C=O) groups is 1. The van der Waals surface area contributed by atoms with Crippen molar-refractivity contribution in [2.45, 2.75) is 20.0 Å². The Bertz CT molecular complexity index is 441. The first kappa shape index (κ1) is 13.3. The number of carbonyl (C=O) groups excluding carboxylic acids is 1. The molecule has 1 aromatic carbocycles. The summed E-state index contributed by atoms with van der Waals surface area (Å²) < 4.78 is 42.8. The third kappa shape index (κ3) is 2.89. The third-order valence-electron chi connectivity index (χ3n) is 2.14.